The van der Waals surface area contributed by atoms with Crippen molar-refractivity contribution in [2.45, 2.75) is 58.8 Å². The summed E-state index contributed by atoms with van der Waals surface area (Å²) >= 11 is 0. The molecule has 3 atom stereocenters. The number of methoxy groups -OCH3 is 1. The van der Waals surface area contributed by atoms with E-state index in [0.29, 0.717) is 0 Å². The van der Waals surface area contributed by atoms with Crippen LogP contribution >= 0.6 is 0 Å². The third kappa shape index (κ3) is 4.93. The number of likely N-dealkylation sites (tertiary alicyclic amines) is 1. The van der Waals surface area contributed by atoms with Crippen molar-refractivity contribution in [3.63, 3.8) is 0 Å². The van der Waals surface area contributed by atoms with E-state index in [9.17, 15) is 5.11 Å². The number of rotatable bonds is 6. The van der Waals surface area contributed by atoms with Crippen LogP contribution in [-0.2, 0) is 6.54 Å². The SMILES string of the molecule is COc1ccc(C2CN(Cc3ccccc3)C[C@]2(C)[C@@H](C)O)cc1OC(C)(C)C. The molecular weight excluding hydrogens is 362 g/mol. The minimum atomic E-state index is -0.414. The van der Waals surface area contributed by atoms with Gasteiger partial charge >= 0.3 is 0 Å². The molecular formula is C25H35NO3. The summed E-state index contributed by atoms with van der Waals surface area (Å²) in [5, 5.41) is 10.7. The molecule has 0 amide bonds. The molecule has 1 N–H and O–H groups in total. The van der Waals surface area contributed by atoms with Gasteiger partial charge in [0.15, 0.2) is 11.5 Å². The highest BCUT2D eigenvalue weighted by Gasteiger charge is 2.47. The first-order valence-electron chi connectivity index (χ1n) is 10.4. The molecule has 1 fully saturated rings. The first-order chi connectivity index (χ1) is 13.6. The molecule has 0 radical (unpaired) electrons. The van der Waals surface area contributed by atoms with E-state index < -0.39 is 6.10 Å². The molecule has 0 saturated carbocycles. The Bertz CT molecular complexity index is 813. The standard InChI is InChI=1S/C25H35NO3/c1-18(27)25(5)17-26(15-19-10-8-7-9-11-19)16-21(25)20-12-13-22(28-6)23(14-20)29-24(2,3)4/h7-14,18,21,27H,15-17H2,1-6H3/t18-,21?,25-/m1/s1. The molecule has 2 aromatic carbocycles. The minimum absolute atomic E-state index is 0.208. The van der Waals surface area contributed by atoms with Gasteiger partial charge in [-0.05, 0) is 51.0 Å². The van der Waals surface area contributed by atoms with Crippen LogP contribution in [0.4, 0.5) is 0 Å². The van der Waals surface area contributed by atoms with Gasteiger partial charge in [-0.2, -0.15) is 0 Å². The van der Waals surface area contributed by atoms with Gasteiger partial charge in [-0.3, -0.25) is 4.90 Å². The molecule has 0 aliphatic carbocycles. The first kappa shape index (κ1) is 21.7. The number of aliphatic hydroxyl groups is 1. The number of benzene rings is 2. The van der Waals surface area contributed by atoms with E-state index in [1.54, 1.807) is 7.11 Å². The Morgan fingerprint density at radius 2 is 1.83 bits per heavy atom. The van der Waals surface area contributed by atoms with E-state index in [0.717, 1.165) is 31.1 Å². The van der Waals surface area contributed by atoms with E-state index >= 15 is 0 Å². The minimum Gasteiger partial charge on any atom is -0.493 e. The predicted octanol–water partition coefficient (Wildman–Crippen LogP) is 4.86. The second-order valence-corrected chi connectivity index (χ2v) is 9.51. The number of aliphatic hydroxyl groups excluding tert-OH is 1. The summed E-state index contributed by atoms with van der Waals surface area (Å²) in [5.74, 6) is 1.70. The van der Waals surface area contributed by atoms with Crippen LogP contribution in [0.2, 0.25) is 0 Å². The van der Waals surface area contributed by atoms with Gasteiger partial charge in [0.1, 0.15) is 5.60 Å². The van der Waals surface area contributed by atoms with E-state index in [1.165, 1.54) is 11.1 Å². The fraction of sp³-hybridized carbons (Fsp3) is 0.520. The molecule has 4 heteroatoms. The van der Waals surface area contributed by atoms with Crippen molar-refractivity contribution >= 4 is 0 Å². The van der Waals surface area contributed by atoms with Gasteiger partial charge in [0, 0.05) is 31.0 Å². The normalized spacial score (nSPS) is 23.8. The van der Waals surface area contributed by atoms with Crippen LogP contribution in [0.3, 0.4) is 0 Å². The summed E-state index contributed by atoms with van der Waals surface area (Å²) in [5.41, 5.74) is 1.94. The first-order valence-corrected chi connectivity index (χ1v) is 10.4. The zero-order valence-electron chi connectivity index (χ0n) is 18.6. The molecule has 29 heavy (non-hydrogen) atoms. The van der Waals surface area contributed by atoms with Crippen molar-refractivity contribution in [2.24, 2.45) is 5.41 Å². The van der Waals surface area contributed by atoms with Crippen molar-refractivity contribution in [3.05, 3.63) is 59.7 Å². The second-order valence-electron chi connectivity index (χ2n) is 9.51. The fourth-order valence-corrected chi connectivity index (χ4v) is 4.31. The Labute approximate surface area is 175 Å². The quantitative estimate of drug-likeness (QED) is 0.756. The van der Waals surface area contributed by atoms with E-state index in [1.807, 2.05) is 39.8 Å². The summed E-state index contributed by atoms with van der Waals surface area (Å²) < 4.78 is 11.7. The van der Waals surface area contributed by atoms with E-state index in [4.69, 9.17) is 9.47 Å². The van der Waals surface area contributed by atoms with Gasteiger partial charge in [0.05, 0.1) is 13.2 Å². The Kier molecular flexibility index (Phi) is 6.25. The number of ether oxygens (including phenoxy) is 2. The van der Waals surface area contributed by atoms with Gasteiger partial charge in [0.25, 0.3) is 0 Å². The van der Waals surface area contributed by atoms with Crippen molar-refractivity contribution in [3.8, 4) is 11.5 Å². The van der Waals surface area contributed by atoms with Crippen molar-refractivity contribution in [2.75, 3.05) is 20.2 Å². The van der Waals surface area contributed by atoms with Crippen LogP contribution in [-0.4, -0.2) is 41.9 Å². The summed E-state index contributed by atoms with van der Waals surface area (Å²) in [6.45, 7) is 12.9. The third-order valence-electron chi connectivity index (χ3n) is 6.01. The monoisotopic (exact) mass is 397 g/mol. The predicted molar refractivity (Wildman–Crippen MR) is 118 cm³/mol. The van der Waals surface area contributed by atoms with Crippen LogP contribution in [0.15, 0.2) is 48.5 Å². The lowest BCUT2D eigenvalue weighted by atomic mass is 9.72. The fourth-order valence-electron chi connectivity index (χ4n) is 4.31. The highest BCUT2D eigenvalue weighted by Crippen LogP contribution is 2.47. The van der Waals surface area contributed by atoms with Crippen molar-refractivity contribution in [1.82, 2.24) is 4.90 Å². The summed E-state index contributed by atoms with van der Waals surface area (Å²) in [6.07, 6.45) is -0.414. The average molecular weight is 398 g/mol. The van der Waals surface area contributed by atoms with Gasteiger partial charge in [-0.15, -0.1) is 0 Å². The maximum Gasteiger partial charge on any atom is 0.162 e. The zero-order chi connectivity index (χ0) is 21.2. The summed E-state index contributed by atoms with van der Waals surface area (Å²) in [6, 6.07) is 16.7. The number of hydrogen-bond donors (Lipinski definition) is 1. The second kappa shape index (κ2) is 8.37. The summed E-state index contributed by atoms with van der Waals surface area (Å²) in [4.78, 5) is 2.45. The molecule has 4 nitrogen and oxygen atoms in total. The topological polar surface area (TPSA) is 41.9 Å². The molecule has 1 aliphatic heterocycles. The van der Waals surface area contributed by atoms with Crippen molar-refractivity contribution < 1.29 is 14.6 Å². The van der Waals surface area contributed by atoms with E-state index in [-0.39, 0.29) is 16.9 Å². The molecule has 1 saturated heterocycles. The Morgan fingerprint density at radius 1 is 1.14 bits per heavy atom. The Balaban J connectivity index is 1.91. The van der Waals surface area contributed by atoms with Crippen LogP contribution < -0.4 is 9.47 Å². The number of nitrogens with zero attached hydrogens (tertiary/aromatic N) is 1. The molecule has 0 bridgehead atoms. The zero-order valence-corrected chi connectivity index (χ0v) is 18.6. The van der Waals surface area contributed by atoms with Crippen LogP contribution in [0.5, 0.6) is 11.5 Å². The molecule has 0 spiro atoms. The van der Waals surface area contributed by atoms with Gasteiger partial charge in [-0.25, -0.2) is 0 Å². The average Bonchev–Trinajstić information content (AvgIpc) is 2.99. The van der Waals surface area contributed by atoms with Crippen molar-refractivity contribution in [1.29, 1.82) is 0 Å². The van der Waals surface area contributed by atoms with Gasteiger partial charge in [0.2, 0.25) is 0 Å². The molecule has 0 aromatic heterocycles. The van der Waals surface area contributed by atoms with E-state index in [2.05, 4.69) is 48.2 Å². The van der Waals surface area contributed by atoms with Crippen LogP contribution in [0.25, 0.3) is 0 Å². The molecule has 1 heterocycles. The largest absolute Gasteiger partial charge is 0.493 e. The maximum absolute atomic E-state index is 10.7. The lowest BCUT2D eigenvalue weighted by molar-refractivity contribution is 0.0473. The highest BCUT2D eigenvalue weighted by atomic mass is 16.5. The van der Waals surface area contributed by atoms with Gasteiger partial charge in [-0.1, -0.05) is 43.3 Å². The lowest BCUT2D eigenvalue weighted by Crippen LogP contribution is -2.37. The van der Waals surface area contributed by atoms with Gasteiger partial charge < -0.3 is 14.6 Å². The van der Waals surface area contributed by atoms with Crippen LogP contribution in [0, 0.1) is 5.41 Å². The molecule has 3 rings (SSSR count). The maximum atomic E-state index is 10.7. The molecule has 1 aliphatic rings. The van der Waals surface area contributed by atoms with Crippen LogP contribution in [0.1, 0.15) is 51.7 Å². The molecule has 158 valence electrons. The smallest absolute Gasteiger partial charge is 0.162 e. The highest BCUT2D eigenvalue weighted by molar-refractivity contribution is 5.45. The molecule has 2 aromatic rings. The Hall–Kier alpha value is -2.04. The Morgan fingerprint density at radius 3 is 2.41 bits per heavy atom. The summed E-state index contributed by atoms with van der Waals surface area (Å²) in [7, 11) is 1.67. The molecule has 1 unspecified atom stereocenters. The lowest BCUT2D eigenvalue weighted by Gasteiger charge is -2.34. The third-order valence-corrected chi connectivity index (χ3v) is 6.01. The number of hydrogen-bond acceptors (Lipinski definition) is 4.